The molecular weight excluding hydrogens is 394 g/mol. The van der Waals surface area contributed by atoms with E-state index in [2.05, 4.69) is 65.2 Å². The van der Waals surface area contributed by atoms with Gasteiger partial charge in [-0.1, -0.05) is 41.4 Å². The van der Waals surface area contributed by atoms with Crippen molar-refractivity contribution < 1.29 is 4.74 Å². The predicted octanol–water partition coefficient (Wildman–Crippen LogP) is 6.07. The Morgan fingerprint density at radius 3 is 2.80 bits per heavy atom. The minimum absolute atomic E-state index is 0.602. The Hall–Kier alpha value is -2.56. The second-order valence-electron chi connectivity index (χ2n) is 8.46. The third-order valence-electron chi connectivity index (χ3n) is 6.18. The first-order valence-electron chi connectivity index (χ1n) is 10.6. The Morgan fingerprint density at radius 1 is 1.17 bits per heavy atom. The van der Waals surface area contributed by atoms with Crippen LogP contribution in [0.5, 0.6) is 5.75 Å². The molecule has 5 heteroatoms. The van der Waals surface area contributed by atoms with Crippen LogP contribution in [0.4, 0.5) is 0 Å². The summed E-state index contributed by atoms with van der Waals surface area (Å²) in [6.45, 7) is 5.15. The molecule has 2 aromatic heterocycles. The molecule has 1 saturated heterocycles. The summed E-state index contributed by atoms with van der Waals surface area (Å²) >= 11 is 6.30. The number of H-pyrrole nitrogens is 1. The maximum atomic E-state index is 6.36. The van der Waals surface area contributed by atoms with Gasteiger partial charge in [0.25, 0.3) is 0 Å². The molecule has 1 N–H and O–H groups in total. The molecule has 3 heterocycles. The number of nitrogens with one attached hydrogen (secondary N) is 1. The summed E-state index contributed by atoms with van der Waals surface area (Å²) in [6.07, 6.45) is 4.06. The van der Waals surface area contributed by atoms with E-state index >= 15 is 0 Å². The van der Waals surface area contributed by atoms with E-state index in [4.69, 9.17) is 16.3 Å². The summed E-state index contributed by atoms with van der Waals surface area (Å²) < 4.78 is 6.36. The van der Waals surface area contributed by atoms with Gasteiger partial charge in [0.1, 0.15) is 11.4 Å². The van der Waals surface area contributed by atoms with E-state index in [9.17, 15) is 0 Å². The van der Waals surface area contributed by atoms with Gasteiger partial charge in [-0.25, -0.2) is 4.98 Å². The van der Waals surface area contributed by atoms with Gasteiger partial charge in [0.15, 0.2) is 0 Å². The van der Waals surface area contributed by atoms with Gasteiger partial charge in [-0.15, -0.1) is 0 Å². The van der Waals surface area contributed by atoms with Crippen LogP contribution in [0.2, 0.25) is 5.02 Å². The van der Waals surface area contributed by atoms with E-state index in [1.54, 1.807) is 6.20 Å². The molecular formula is C25H26ClN3O. The van der Waals surface area contributed by atoms with Gasteiger partial charge in [0.2, 0.25) is 0 Å². The molecule has 0 aliphatic carbocycles. The van der Waals surface area contributed by atoms with Crippen molar-refractivity contribution in [3.63, 3.8) is 0 Å². The van der Waals surface area contributed by atoms with Crippen molar-refractivity contribution in [3.8, 4) is 16.9 Å². The highest BCUT2D eigenvalue weighted by molar-refractivity contribution is 6.31. The molecule has 2 aromatic carbocycles. The summed E-state index contributed by atoms with van der Waals surface area (Å²) in [6, 6.07) is 14.8. The molecule has 0 unspecified atom stereocenters. The Morgan fingerprint density at radius 2 is 2.00 bits per heavy atom. The highest BCUT2D eigenvalue weighted by Gasteiger charge is 2.20. The molecule has 1 aliphatic heterocycles. The largest absolute Gasteiger partial charge is 0.491 e. The number of fused-ring (bicyclic) bond motifs is 3. The molecule has 5 rings (SSSR count). The zero-order valence-electron chi connectivity index (χ0n) is 17.4. The van der Waals surface area contributed by atoms with Crippen molar-refractivity contribution >= 4 is 33.5 Å². The number of pyridine rings is 1. The molecule has 30 heavy (non-hydrogen) atoms. The molecule has 0 radical (unpaired) electrons. The van der Waals surface area contributed by atoms with Crippen molar-refractivity contribution in [2.24, 2.45) is 5.92 Å². The zero-order valence-corrected chi connectivity index (χ0v) is 18.2. The van der Waals surface area contributed by atoms with Crippen LogP contribution in [0, 0.1) is 12.8 Å². The topological polar surface area (TPSA) is 41.1 Å². The standard InChI is InChI=1S/C25H26ClN3O/c1-16-4-3-5-18(12-16)20-6-7-22(30-15-17-8-10-29(2)11-9-17)24-23(20)21-13-19(26)14-27-25(21)28-24/h3-7,12-14,17H,8-11,15H2,1-2H3,(H,27,28). The molecule has 1 fully saturated rings. The van der Waals surface area contributed by atoms with Crippen LogP contribution < -0.4 is 4.74 Å². The van der Waals surface area contributed by atoms with Crippen LogP contribution in [-0.4, -0.2) is 41.6 Å². The third kappa shape index (κ3) is 3.66. The average Bonchev–Trinajstić information content (AvgIpc) is 3.12. The summed E-state index contributed by atoms with van der Waals surface area (Å²) in [5.74, 6) is 1.49. The van der Waals surface area contributed by atoms with Gasteiger partial charge in [-0.05, 0) is 75.1 Å². The maximum absolute atomic E-state index is 6.36. The SMILES string of the molecule is Cc1cccc(-c2ccc(OCC3CCN(C)CC3)c3[nH]c4ncc(Cl)cc4c23)c1. The molecule has 0 atom stereocenters. The fourth-order valence-electron chi connectivity index (χ4n) is 4.45. The van der Waals surface area contributed by atoms with Crippen LogP contribution in [0.15, 0.2) is 48.7 Å². The number of likely N-dealkylation sites (tertiary alicyclic amines) is 1. The number of benzene rings is 2. The quantitative estimate of drug-likeness (QED) is 0.436. The average molecular weight is 420 g/mol. The third-order valence-corrected chi connectivity index (χ3v) is 6.38. The lowest BCUT2D eigenvalue weighted by Gasteiger charge is -2.28. The number of rotatable bonds is 4. The van der Waals surface area contributed by atoms with Crippen LogP contribution in [-0.2, 0) is 0 Å². The lowest BCUT2D eigenvalue weighted by Crippen LogP contribution is -2.32. The van der Waals surface area contributed by atoms with E-state index < -0.39 is 0 Å². The van der Waals surface area contributed by atoms with Gasteiger partial charge >= 0.3 is 0 Å². The van der Waals surface area contributed by atoms with Crippen molar-refractivity contribution in [2.75, 3.05) is 26.7 Å². The smallest absolute Gasteiger partial charge is 0.143 e. The minimum Gasteiger partial charge on any atom is -0.491 e. The molecule has 0 saturated carbocycles. The lowest BCUT2D eigenvalue weighted by atomic mass is 9.97. The first kappa shape index (κ1) is 19.4. The van der Waals surface area contributed by atoms with Gasteiger partial charge in [-0.2, -0.15) is 0 Å². The molecule has 1 aliphatic rings. The zero-order chi connectivity index (χ0) is 20.7. The van der Waals surface area contributed by atoms with E-state index in [0.717, 1.165) is 52.9 Å². The predicted molar refractivity (Wildman–Crippen MR) is 124 cm³/mol. The van der Waals surface area contributed by atoms with Crippen molar-refractivity contribution in [3.05, 3.63) is 59.2 Å². The monoisotopic (exact) mass is 419 g/mol. The Kier molecular flexibility index (Phi) is 5.13. The van der Waals surface area contributed by atoms with E-state index in [-0.39, 0.29) is 0 Å². The summed E-state index contributed by atoms with van der Waals surface area (Å²) in [5.41, 5.74) is 5.41. The normalized spacial score (nSPS) is 15.8. The van der Waals surface area contributed by atoms with E-state index in [1.807, 2.05) is 6.07 Å². The van der Waals surface area contributed by atoms with Gasteiger partial charge in [-0.3, -0.25) is 0 Å². The molecule has 0 spiro atoms. The first-order valence-corrected chi connectivity index (χ1v) is 10.9. The number of aryl methyl sites for hydroxylation is 1. The fourth-order valence-corrected chi connectivity index (χ4v) is 4.60. The highest BCUT2D eigenvalue weighted by Crippen LogP contribution is 2.39. The van der Waals surface area contributed by atoms with Crippen LogP contribution in [0.3, 0.4) is 0 Å². The molecule has 4 aromatic rings. The number of piperidine rings is 1. The van der Waals surface area contributed by atoms with E-state index in [0.29, 0.717) is 10.9 Å². The maximum Gasteiger partial charge on any atom is 0.143 e. The fraction of sp³-hybridized carbons (Fsp3) is 0.320. The minimum atomic E-state index is 0.602. The van der Waals surface area contributed by atoms with Gasteiger partial charge in [0.05, 0.1) is 17.1 Å². The number of ether oxygens (including phenoxy) is 1. The Labute approximate surface area is 181 Å². The Bertz CT molecular complexity index is 1210. The van der Waals surface area contributed by atoms with Crippen molar-refractivity contribution in [1.29, 1.82) is 0 Å². The molecule has 4 nitrogen and oxygen atoms in total. The van der Waals surface area contributed by atoms with Crippen LogP contribution in [0.1, 0.15) is 18.4 Å². The van der Waals surface area contributed by atoms with Crippen LogP contribution >= 0.6 is 11.6 Å². The lowest BCUT2D eigenvalue weighted by molar-refractivity contribution is 0.161. The van der Waals surface area contributed by atoms with Crippen LogP contribution in [0.25, 0.3) is 33.1 Å². The molecule has 154 valence electrons. The summed E-state index contributed by atoms with van der Waals surface area (Å²) in [4.78, 5) is 10.4. The number of hydrogen-bond donors (Lipinski definition) is 1. The summed E-state index contributed by atoms with van der Waals surface area (Å²) in [7, 11) is 2.19. The second kappa shape index (κ2) is 7.93. The number of aromatic amines is 1. The number of aromatic nitrogens is 2. The Balaban J connectivity index is 1.59. The second-order valence-corrected chi connectivity index (χ2v) is 8.90. The van der Waals surface area contributed by atoms with Gasteiger partial charge < -0.3 is 14.6 Å². The highest BCUT2D eigenvalue weighted by atomic mass is 35.5. The first-order chi connectivity index (χ1) is 14.6. The number of nitrogens with zero attached hydrogens (tertiary/aromatic N) is 2. The molecule has 0 amide bonds. The van der Waals surface area contributed by atoms with Crippen molar-refractivity contribution in [1.82, 2.24) is 14.9 Å². The number of hydrogen-bond acceptors (Lipinski definition) is 3. The van der Waals surface area contributed by atoms with Crippen molar-refractivity contribution in [2.45, 2.75) is 19.8 Å². The number of halogens is 1. The van der Waals surface area contributed by atoms with E-state index in [1.165, 1.54) is 24.0 Å². The summed E-state index contributed by atoms with van der Waals surface area (Å²) in [5, 5.41) is 2.78. The van der Waals surface area contributed by atoms with Gasteiger partial charge in [0, 0.05) is 17.0 Å². The molecule has 0 bridgehead atoms.